The fourth-order valence-corrected chi connectivity index (χ4v) is 1.87. The van der Waals surface area contributed by atoms with Crippen molar-refractivity contribution in [3.63, 3.8) is 0 Å². The Balaban J connectivity index is 5.12. The van der Waals surface area contributed by atoms with E-state index in [1.165, 1.54) is 0 Å². The number of hydrogen-bond donors (Lipinski definition) is 0. The maximum absolute atomic E-state index is 12.4. The van der Waals surface area contributed by atoms with Crippen LogP contribution in [0.3, 0.4) is 0 Å². The Labute approximate surface area is 128 Å². The van der Waals surface area contributed by atoms with Crippen molar-refractivity contribution in [2.24, 2.45) is 0 Å². The topological polar surface area (TPSA) is 48.0 Å². The molecule has 0 aliphatic heterocycles. The third kappa shape index (κ3) is 7.29. The molecule has 122 valence electrons. The molecule has 0 bridgehead atoms. The maximum Gasteiger partial charge on any atom is 0.411 e. The summed E-state index contributed by atoms with van der Waals surface area (Å²) in [5.74, 6) is 0. The molecule has 0 radical (unpaired) electrons. The van der Waals surface area contributed by atoms with Crippen molar-refractivity contribution >= 4 is 6.09 Å². The first-order valence-electron chi connectivity index (χ1n) is 7.14. The molecule has 2 atom stereocenters. The summed E-state index contributed by atoms with van der Waals surface area (Å²) in [6.45, 7) is 15.5. The van der Waals surface area contributed by atoms with Crippen LogP contribution in [-0.2, 0) is 14.2 Å². The number of amides is 1. The third-order valence-electron chi connectivity index (χ3n) is 2.74. The Morgan fingerprint density at radius 1 is 1.33 bits per heavy atom. The summed E-state index contributed by atoms with van der Waals surface area (Å²) < 4.78 is 16.0. The van der Waals surface area contributed by atoms with Gasteiger partial charge in [0.15, 0.2) is 0 Å². The molecule has 0 heterocycles. The van der Waals surface area contributed by atoms with E-state index >= 15 is 0 Å². The van der Waals surface area contributed by atoms with Gasteiger partial charge in [0.2, 0.25) is 0 Å². The summed E-state index contributed by atoms with van der Waals surface area (Å²) in [4.78, 5) is 13.9. The van der Waals surface area contributed by atoms with E-state index in [1.54, 1.807) is 24.2 Å². The Morgan fingerprint density at radius 3 is 2.33 bits per heavy atom. The van der Waals surface area contributed by atoms with Gasteiger partial charge >= 0.3 is 6.09 Å². The van der Waals surface area contributed by atoms with Crippen LogP contribution in [0.5, 0.6) is 0 Å². The van der Waals surface area contributed by atoms with Crippen LogP contribution in [0, 0.1) is 0 Å². The van der Waals surface area contributed by atoms with Gasteiger partial charge in [-0.2, -0.15) is 0 Å². The molecule has 5 nitrogen and oxygen atoms in total. The molecule has 1 amide bonds. The molecule has 0 aliphatic carbocycles. The number of hydrogen-bond acceptors (Lipinski definition) is 4. The minimum atomic E-state index is -0.558. The standard InChI is InChI=1S/C16H29NO4/c1-8-11-17(15(18)21-16(4,5)6)13(9-2)14(10-3)20-12-19-7/h8-9,13-14H,1-2,10-12H2,3-7H3/t13-,14+/m0/s1. The van der Waals surface area contributed by atoms with Crippen LogP contribution in [0.1, 0.15) is 34.1 Å². The van der Waals surface area contributed by atoms with Crippen molar-refractivity contribution in [3.8, 4) is 0 Å². The molecule has 5 heteroatoms. The van der Waals surface area contributed by atoms with E-state index in [0.717, 1.165) is 6.42 Å². The van der Waals surface area contributed by atoms with E-state index in [4.69, 9.17) is 14.2 Å². The van der Waals surface area contributed by atoms with Gasteiger partial charge in [-0.05, 0) is 27.2 Å². The lowest BCUT2D eigenvalue weighted by atomic mass is 10.1. The first-order chi connectivity index (χ1) is 9.80. The highest BCUT2D eigenvalue weighted by Crippen LogP contribution is 2.17. The van der Waals surface area contributed by atoms with Crippen LogP contribution < -0.4 is 0 Å². The average Bonchev–Trinajstić information content (AvgIpc) is 2.39. The highest BCUT2D eigenvalue weighted by molar-refractivity contribution is 5.69. The van der Waals surface area contributed by atoms with Crippen molar-refractivity contribution in [1.82, 2.24) is 4.90 Å². The summed E-state index contributed by atoms with van der Waals surface area (Å²) >= 11 is 0. The highest BCUT2D eigenvalue weighted by atomic mass is 16.7. The van der Waals surface area contributed by atoms with Gasteiger partial charge in [0.1, 0.15) is 12.4 Å². The van der Waals surface area contributed by atoms with Crippen LogP contribution >= 0.6 is 0 Å². The minimum Gasteiger partial charge on any atom is -0.444 e. The van der Waals surface area contributed by atoms with Gasteiger partial charge in [0, 0.05) is 13.7 Å². The predicted octanol–water partition coefficient (Wildman–Crippen LogP) is 3.36. The molecule has 0 fully saturated rings. The molecular formula is C16H29NO4. The second kappa shape index (κ2) is 9.58. The van der Waals surface area contributed by atoms with Gasteiger partial charge in [-0.15, -0.1) is 13.2 Å². The van der Waals surface area contributed by atoms with Crippen LogP contribution in [0.15, 0.2) is 25.3 Å². The lowest BCUT2D eigenvalue weighted by Gasteiger charge is -2.35. The molecule has 21 heavy (non-hydrogen) atoms. The number of carbonyl (C=O) groups excluding carboxylic acids is 1. The Bertz CT molecular complexity index is 336. The molecule has 0 rings (SSSR count). The van der Waals surface area contributed by atoms with Crippen LogP contribution in [0.2, 0.25) is 0 Å². The molecular weight excluding hydrogens is 270 g/mol. The molecule has 0 spiro atoms. The lowest BCUT2D eigenvalue weighted by molar-refractivity contribution is -0.0926. The summed E-state index contributed by atoms with van der Waals surface area (Å²) in [5.41, 5.74) is -0.558. The van der Waals surface area contributed by atoms with Crippen LogP contribution in [0.4, 0.5) is 4.79 Å². The second-order valence-electron chi connectivity index (χ2n) is 5.67. The Morgan fingerprint density at radius 2 is 1.95 bits per heavy atom. The van der Waals surface area contributed by atoms with Crippen LogP contribution in [0.25, 0.3) is 0 Å². The first-order valence-corrected chi connectivity index (χ1v) is 7.14. The summed E-state index contributed by atoms with van der Waals surface area (Å²) in [5, 5.41) is 0. The Kier molecular flexibility index (Phi) is 8.97. The maximum atomic E-state index is 12.4. The number of nitrogens with zero attached hydrogens (tertiary/aromatic N) is 1. The largest absolute Gasteiger partial charge is 0.444 e. The molecule has 0 N–H and O–H groups in total. The van der Waals surface area contributed by atoms with Crippen molar-refractivity contribution in [1.29, 1.82) is 0 Å². The van der Waals surface area contributed by atoms with Gasteiger partial charge in [-0.1, -0.05) is 19.1 Å². The van der Waals surface area contributed by atoms with E-state index in [2.05, 4.69) is 13.2 Å². The lowest BCUT2D eigenvalue weighted by Crippen LogP contribution is -2.48. The average molecular weight is 299 g/mol. The predicted molar refractivity (Wildman–Crippen MR) is 84.2 cm³/mol. The summed E-state index contributed by atoms with van der Waals surface area (Å²) in [6, 6.07) is -0.307. The molecule has 0 aromatic carbocycles. The van der Waals surface area contributed by atoms with Crippen molar-refractivity contribution in [2.45, 2.75) is 51.9 Å². The van der Waals surface area contributed by atoms with Gasteiger partial charge in [0.05, 0.1) is 12.1 Å². The zero-order chi connectivity index (χ0) is 16.5. The molecule has 0 aromatic heterocycles. The van der Waals surface area contributed by atoms with Crippen LogP contribution in [-0.4, -0.2) is 49.2 Å². The zero-order valence-electron chi connectivity index (χ0n) is 13.9. The number of ether oxygens (including phenoxy) is 3. The number of carbonyl (C=O) groups is 1. The molecule has 0 aliphatic rings. The fourth-order valence-electron chi connectivity index (χ4n) is 1.87. The monoisotopic (exact) mass is 299 g/mol. The van der Waals surface area contributed by atoms with Crippen molar-refractivity contribution in [3.05, 3.63) is 25.3 Å². The molecule has 0 saturated carbocycles. The van der Waals surface area contributed by atoms with Gasteiger partial charge < -0.3 is 14.2 Å². The fraction of sp³-hybridized carbons (Fsp3) is 0.688. The normalized spacial score (nSPS) is 14.1. The Hall–Kier alpha value is -1.33. The quantitative estimate of drug-likeness (QED) is 0.484. The van der Waals surface area contributed by atoms with Gasteiger partial charge in [-0.25, -0.2) is 4.79 Å². The third-order valence-corrected chi connectivity index (χ3v) is 2.74. The smallest absolute Gasteiger partial charge is 0.411 e. The SMILES string of the molecule is C=CCN(C(=O)OC(C)(C)C)[C@@H](C=C)[C@@H](CC)OCOC. The van der Waals surface area contributed by atoms with E-state index in [0.29, 0.717) is 6.54 Å². The molecule has 0 aromatic rings. The van der Waals surface area contributed by atoms with E-state index in [1.807, 2.05) is 27.7 Å². The minimum absolute atomic E-state index is 0.166. The van der Waals surface area contributed by atoms with E-state index < -0.39 is 11.7 Å². The highest BCUT2D eigenvalue weighted by Gasteiger charge is 2.31. The summed E-state index contributed by atoms with van der Waals surface area (Å²) in [6.07, 6.45) is 3.44. The van der Waals surface area contributed by atoms with Crippen molar-refractivity contribution in [2.75, 3.05) is 20.4 Å². The van der Waals surface area contributed by atoms with Crippen molar-refractivity contribution < 1.29 is 19.0 Å². The number of methoxy groups -OCH3 is 1. The van der Waals surface area contributed by atoms with Gasteiger partial charge in [-0.3, -0.25) is 4.90 Å². The number of rotatable bonds is 9. The first kappa shape index (κ1) is 19.7. The van der Waals surface area contributed by atoms with E-state index in [-0.39, 0.29) is 18.9 Å². The molecule has 0 unspecified atom stereocenters. The van der Waals surface area contributed by atoms with Gasteiger partial charge in [0.25, 0.3) is 0 Å². The summed E-state index contributed by atoms with van der Waals surface area (Å²) in [7, 11) is 1.56. The van der Waals surface area contributed by atoms with E-state index in [9.17, 15) is 4.79 Å². The molecule has 0 saturated heterocycles. The second-order valence-corrected chi connectivity index (χ2v) is 5.67. The zero-order valence-corrected chi connectivity index (χ0v) is 13.9.